The Hall–Kier alpha value is -0.630. The number of allylic oxidation sites excluding steroid dienone is 4. The molecule has 9 atom stereocenters. The van der Waals surface area contributed by atoms with E-state index in [1.807, 2.05) is 0 Å². The molecule has 0 aromatic rings. The minimum Gasteiger partial charge on any atom is -0.295 e. The van der Waals surface area contributed by atoms with Gasteiger partial charge in [-0.25, -0.2) is 0 Å². The van der Waals surface area contributed by atoms with Crippen LogP contribution in [0.2, 0.25) is 0 Å². The maximum Gasteiger partial charge on any atom is 0.0951 e. The average Bonchev–Trinajstić information content (AvgIpc) is 3.63. The Balaban J connectivity index is 1.18. The molecule has 1 heterocycles. The molecule has 6 aliphatic carbocycles. The summed E-state index contributed by atoms with van der Waals surface area (Å²) in [5.74, 6) is 4.62. The zero-order chi connectivity index (χ0) is 25.8. The molecule has 0 aromatic carbocycles. The molecule has 206 valence electrons. The summed E-state index contributed by atoms with van der Waals surface area (Å²) in [7, 11) is 0. The van der Waals surface area contributed by atoms with Crippen molar-refractivity contribution in [1.29, 1.82) is 0 Å². The van der Waals surface area contributed by atoms with Gasteiger partial charge in [-0.1, -0.05) is 53.2 Å². The highest BCUT2D eigenvalue weighted by Crippen LogP contribution is 2.73. The predicted octanol–water partition coefficient (Wildman–Crippen LogP) is 9.14. The fraction of sp³-hybridized carbons (Fsp3) is 0.886. The van der Waals surface area contributed by atoms with Crippen molar-refractivity contribution in [1.82, 2.24) is 4.90 Å². The number of rotatable bonds is 3. The molecule has 7 aliphatic rings. The second-order valence-electron chi connectivity index (χ2n) is 16.6. The summed E-state index contributed by atoms with van der Waals surface area (Å²) in [4.78, 5) is 2.90. The Labute approximate surface area is 227 Å². The van der Waals surface area contributed by atoms with Gasteiger partial charge in [0.25, 0.3) is 0 Å². The zero-order valence-corrected chi connectivity index (χ0v) is 24.7. The van der Waals surface area contributed by atoms with Crippen molar-refractivity contribution in [2.75, 3.05) is 19.8 Å². The predicted molar refractivity (Wildman–Crippen MR) is 152 cm³/mol. The Bertz CT molecular complexity index is 1000. The van der Waals surface area contributed by atoms with Gasteiger partial charge in [0.1, 0.15) is 0 Å². The van der Waals surface area contributed by atoms with Crippen LogP contribution in [0, 0.1) is 51.2 Å². The van der Waals surface area contributed by atoms with Crippen molar-refractivity contribution < 1.29 is 4.39 Å². The van der Waals surface area contributed by atoms with Crippen molar-refractivity contribution in [3.8, 4) is 0 Å². The van der Waals surface area contributed by atoms with Crippen molar-refractivity contribution >= 4 is 0 Å². The topological polar surface area (TPSA) is 3.01 Å². The Morgan fingerprint density at radius 2 is 1.59 bits per heavy atom. The van der Waals surface area contributed by atoms with E-state index in [0.717, 1.165) is 48.9 Å². The molecule has 4 saturated carbocycles. The van der Waals surface area contributed by atoms with Crippen LogP contribution >= 0.6 is 0 Å². The molecule has 0 spiro atoms. The van der Waals surface area contributed by atoms with Gasteiger partial charge in [0.05, 0.1) is 6.67 Å². The lowest BCUT2D eigenvalue weighted by Crippen LogP contribution is -2.62. The third-order valence-electron chi connectivity index (χ3n) is 14.6. The van der Waals surface area contributed by atoms with Gasteiger partial charge in [0, 0.05) is 18.6 Å². The van der Waals surface area contributed by atoms with Crippen molar-refractivity contribution in [2.24, 2.45) is 51.2 Å². The van der Waals surface area contributed by atoms with E-state index >= 15 is 0 Å². The van der Waals surface area contributed by atoms with E-state index in [-0.39, 0.29) is 17.5 Å². The van der Waals surface area contributed by atoms with Crippen LogP contribution in [0.25, 0.3) is 0 Å². The second kappa shape index (κ2) is 8.20. The maximum absolute atomic E-state index is 13.7. The van der Waals surface area contributed by atoms with E-state index in [2.05, 4.69) is 51.7 Å². The van der Waals surface area contributed by atoms with Gasteiger partial charge in [-0.3, -0.25) is 9.29 Å². The lowest BCUT2D eigenvalue weighted by atomic mass is 9.37. The van der Waals surface area contributed by atoms with Gasteiger partial charge in [0.15, 0.2) is 0 Å². The molecule has 5 fully saturated rings. The summed E-state index contributed by atoms with van der Waals surface area (Å²) in [6, 6.07) is 0. The van der Waals surface area contributed by atoms with Gasteiger partial charge in [-0.2, -0.15) is 0 Å². The summed E-state index contributed by atoms with van der Waals surface area (Å²) in [5, 5.41) is 0. The Morgan fingerprint density at radius 3 is 2.30 bits per heavy atom. The third kappa shape index (κ3) is 3.42. The molecule has 37 heavy (non-hydrogen) atoms. The fourth-order valence-electron chi connectivity index (χ4n) is 12.8. The van der Waals surface area contributed by atoms with E-state index in [1.54, 1.807) is 11.1 Å². The molecule has 0 bridgehead atoms. The quantitative estimate of drug-likeness (QED) is 0.344. The van der Waals surface area contributed by atoms with Crippen LogP contribution in [0.3, 0.4) is 0 Å². The van der Waals surface area contributed by atoms with E-state index < -0.39 is 0 Å². The van der Waals surface area contributed by atoms with Crippen molar-refractivity contribution in [3.05, 3.63) is 23.3 Å². The van der Waals surface area contributed by atoms with Crippen LogP contribution in [0.1, 0.15) is 118 Å². The van der Waals surface area contributed by atoms with Crippen molar-refractivity contribution in [2.45, 2.75) is 124 Å². The number of halogens is 1. The molecule has 0 aromatic heterocycles. The van der Waals surface area contributed by atoms with Crippen LogP contribution in [-0.4, -0.2) is 30.2 Å². The van der Waals surface area contributed by atoms with Crippen LogP contribution < -0.4 is 0 Å². The molecule has 7 rings (SSSR count). The van der Waals surface area contributed by atoms with E-state index in [0.29, 0.717) is 16.4 Å². The number of nitrogens with zero attached hydrogens (tertiary/aromatic N) is 1. The van der Waals surface area contributed by atoms with E-state index in [9.17, 15) is 4.39 Å². The first-order chi connectivity index (χ1) is 17.6. The standard InChI is InChI=1S/C35H54FN/c1-31(2)26(24-10-16-32(3,23-36)17-11-24)12-18-34(5)29(31)14-19-33(4)27-13-20-35(37-21-22-37)15-6-7-28(35)25(27)8-9-30(33)34/h10,12,25,27-30H,6-9,11,13-23H2,1-5H3/t25?,27?,28?,29?,30?,32-,33?,34?,35?/m0/s1. The maximum atomic E-state index is 13.7. The zero-order valence-electron chi connectivity index (χ0n) is 24.7. The molecule has 1 nitrogen and oxygen atoms in total. The smallest absolute Gasteiger partial charge is 0.0951 e. The van der Waals surface area contributed by atoms with Gasteiger partial charge < -0.3 is 0 Å². The van der Waals surface area contributed by atoms with Crippen LogP contribution in [0.15, 0.2) is 23.3 Å². The first kappa shape index (κ1) is 25.3. The normalized spacial score (nSPS) is 52.8. The molecule has 0 N–H and O–H groups in total. The summed E-state index contributed by atoms with van der Waals surface area (Å²) >= 11 is 0. The highest BCUT2D eigenvalue weighted by Gasteiger charge is 2.66. The van der Waals surface area contributed by atoms with E-state index in [1.165, 1.54) is 77.3 Å². The molecular formula is C35H54FN. The molecule has 0 amide bonds. The SMILES string of the molecule is CC1(C)C(C2=CC[C@](C)(CF)CC2)=CCC2(C)C1CCC1(C)C3CCC4(N5CC5)CCCC4C3CCC12. The van der Waals surface area contributed by atoms with Gasteiger partial charge in [-0.15, -0.1) is 0 Å². The molecular weight excluding hydrogens is 453 g/mol. The van der Waals surface area contributed by atoms with Gasteiger partial charge in [0.2, 0.25) is 0 Å². The molecule has 1 aliphatic heterocycles. The van der Waals surface area contributed by atoms with Crippen LogP contribution in [0.5, 0.6) is 0 Å². The van der Waals surface area contributed by atoms with Crippen LogP contribution in [0.4, 0.5) is 4.39 Å². The Morgan fingerprint density at radius 1 is 0.784 bits per heavy atom. The second-order valence-corrected chi connectivity index (χ2v) is 16.6. The fourth-order valence-corrected chi connectivity index (χ4v) is 12.8. The summed E-state index contributed by atoms with van der Waals surface area (Å²) < 4.78 is 13.7. The minimum absolute atomic E-state index is 0.129. The van der Waals surface area contributed by atoms with Crippen molar-refractivity contribution in [3.63, 3.8) is 0 Å². The largest absolute Gasteiger partial charge is 0.295 e. The summed E-state index contributed by atoms with van der Waals surface area (Å²) in [6.45, 7) is 15.4. The third-order valence-corrected chi connectivity index (χ3v) is 14.6. The lowest BCUT2D eigenvalue weighted by molar-refractivity contribution is -0.178. The number of fused-ring (bicyclic) bond motifs is 7. The van der Waals surface area contributed by atoms with Gasteiger partial charge >= 0.3 is 0 Å². The number of alkyl halides is 1. The Kier molecular flexibility index (Phi) is 5.62. The number of hydrogen-bond donors (Lipinski definition) is 0. The average molecular weight is 508 g/mol. The minimum atomic E-state index is -0.178. The van der Waals surface area contributed by atoms with Gasteiger partial charge in [-0.05, 0) is 139 Å². The van der Waals surface area contributed by atoms with E-state index in [4.69, 9.17) is 0 Å². The highest BCUT2D eigenvalue weighted by atomic mass is 19.1. The molecule has 8 unspecified atom stereocenters. The number of hydrogen-bond acceptors (Lipinski definition) is 1. The van der Waals surface area contributed by atoms with Crippen LogP contribution in [-0.2, 0) is 0 Å². The monoisotopic (exact) mass is 507 g/mol. The summed E-state index contributed by atoms with van der Waals surface area (Å²) in [5.41, 5.74) is 4.88. The molecule has 2 heteroatoms. The lowest BCUT2D eigenvalue weighted by Gasteiger charge is -2.68. The summed E-state index contributed by atoms with van der Waals surface area (Å²) in [6.07, 6.45) is 22.8. The first-order valence-electron chi connectivity index (χ1n) is 16.3. The highest BCUT2D eigenvalue weighted by molar-refractivity contribution is 5.41. The molecule has 0 radical (unpaired) electrons. The molecule has 1 saturated heterocycles. The first-order valence-corrected chi connectivity index (χ1v) is 16.3.